The van der Waals surface area contributed by atoms with E-state index in [4.69, 9.17) is 0 Å². The van der Waals surface area contributed by atoms with Crippen molar-refractivity contribution in [1.29, 1.82) is 0 Å². The molecule has 1 fully saturated rings. The third-order valence-electron chi connectivity index (χ3n) is 8.77. The number of pyridine rings is 1. The lowest BCUT2D eigenvalue weighted by molar-refractivity contribution is -0.142. The number of carbonyl (C=O) groups is 2. The Hall–Kier alpha value is -3.88. The minimum absolute atomic E-state index is 0.0227. The molecular weight excluding hydrogens is 513 g/mol. The number of hydrogen-bond donors (Lipinski definition) is 2. The first-order valence-corrected chi connectivity index (χ1v) is 14.7. The van der Waals surface area contributed by atoms with Crippen LogP contribution in [0.2, 0.25) is 0 Å². The lowest BCUT2D eigenvalue weighted by Gasteiger charge is -2.34. The van der Waals surface area contributed by atoms with Crippen molar-refractivity contribution < 1.29 is 9.59 Å². The fourth-order valence-corrected chi connectivity index (χ4v) is 6.77. The highest BCUT2D eigenvalue weighted by Gasteiger charge is 2.36. The molecule has 9 heteroatoms. The highest BCUT2D eigenvalue weighted by molar-refractivity contribution is 6.38. The van der Waals surface area contributed by atoms with Crippen LogP contribution >= 0.6 is 0 Å². The van der Waals surface area contributed by atoms with Gasteiger partial charge in [0.1, 0.15) is 7.85 Å². The van der Waals surface area contributed by atoms with Gasteiger partial charge >= 0.3 is 0 Å². The molecule has 1 atom stereocenters. The lowest BCUT2D eigenvalue weighted by atomic mass is 9.85. The van der Waals surface area contributed by atoms with Crippen molar-refractivity contribution in [2.45, 2.75) is 58.9 Å². The normalized spacial score (nSPS) is 18.6. The van der Waals surface area contributed by atoms with Gasteiger partial charge in [-0.3, -0.25) is 19.5 Å². The number of piperidine rings is 1. The molecule has 0 saturated carbocycles. The number of aromatic amines is 2. The van der Waals surface area contributed by atoms with E-state index in [1.807, 2.05) is 46.3 Å². The Kier molecular flexibility index (Phi) is 7.00. The second kappa shape index (κ2) is 10.5. The number of likely N-dealkylation sites (tertiary alicyclic amines) is 1. The number of nitrogens with zero attached hydrogens (tertiary/aromatic N) is 3. The highest BCUT2D eigenvalue weighted by Crippen LogP contribution is 2.33. The molecule has 1 saturated heterocycles. The summed E-state index contributed by atoms with van der Waals surface area (Å²) in [5.74, 6) is -0.219. The summed E-state index contributed by atoms with van der Waals surface area (Å²) in [6.07, 6.45) is 4.08. The average Bonchev–Trinajstić information content (AvgIpc) is 3.39. The number of benzene rings is 2. The Morgan fingerprint density at radius 3 is 2.63 bits per heavy atom. The molecule has 4 aromatic rings. The van der Waals surface area contributed by atoms with E-state index in [2.05, 4.69) is 49.9 Å². The van der Waals surface area contributed by atoms with Crippen LogP contribution in [0.3, 0.4) is 0 Å². The number of hydrogen-bond acceptors (Lipinski definition) is 4. The standard InChI is InChI=1S/C32H38BN5O3/c1-32(2,3)18-38-17-25-21(14-26(33)29-24(25)16-34-36-29)12-22(31(38)41)15-28(39)37-10-8-19(9-11-37)23-13-20-6-4-5-7-27(20)35-30(23)40/h4-7,13-14,16,19,22H,8-12,15,17-18,33H2,1-3H3,(H,34,36)(H,35,40)/t22-/m0/s1. The fraction of sp³-hybridized carbons (Fsp3) is 0.438. The zero-order valence-electron chi connectivity index (χ0n) is 24.4. The van der Waals surface area contributed by atoms with Gasteiger partial charge in [-0.25, -0.2) is 0 Å². The molecule has 8 nitrogen and oxygen atoms in total. The number of fused-ring (bicyclic) bond motifs is 4. The number of H-pyrrole nitrogens is 2. The third-order valence-corrected chi connectivity index (χ3v) is 8.77. The van der Waals surface area contributed by atoms with Gasteiger partial charge < -0.3 is 14.8 Å². The predicted octanol–water partition coefficient (Wildman–Crippen LogP) is 3.01. The van der Waals surface area contributed by atoms with Gasteiger partial charge in [-0.15, -0.1) is 0 Å². The Bertz CT molecular complexity index is 1690. The van der Waals surface area contributed by atoms with Crippen LogP contribution in [0.4, 0.5) is 0 Å². The van der Waals surface area contributed by atoms with Gasteiger partial charge in [0.2, 0.25) is 11.8 Å². The van der Waals surface area contributed by atoms with Crippen LogP contribution in [0.25, 0.3) is 21.8 Å². The second-order valence-electron chi connectivity index (χ2n) is 13.1. The third kappa shape index (κ3) is 5.42. The number of carbonyl (C=O) groups excluding carboxylic acids is 2. The topological polar surface area (TPSA) is 102 Å². The molecular formula is C32H38BN5O3. The summed E-state index contributed by atoms with van der Waals surface area (Å²) in [7, 11) is 2.06. The van der Waals surface area contributed by atoms with Crippen LogP contribution in [0.1, 0.15) is 62.6 Å². The average molecular weight is 552 g/mol. The fourth-order valence-electron chi connectivity index (χ4n) is 6.77. The second-order valence-corrected chi connectivity index (χ2v) is 13.1. The van der Waals surface area contributed by atoms with Crippen LogP contribution in [0.5, 0.6) is 0 Å². The smallest absolute Gasteiger partial charge is 0.251 e. The van der Waals surface area contributed by atoms with Crippen molar-refractivity contribution in [2.75, 3.05) is 19.6 Å². The molecule has 2 aliphatic heterocycles. The van der Waals surface area contributed by atoms with Crippen molar-refractivity contribution in [1.82, 2.24) is 25.0 Å². The number of nitrogens with one attached hydrogen (secondary N) is 2. The molecule has 0 unspecified atom stereocenters. The monoisotopic (exact) mass is 551 g/mol. The Morgan fingerprint density at radius 1 is 1.12 bits per heavy atom. The molecule has 2 N–H and O–H groups in total. The Labute approximate surface area is 240 Å². The summed E-state index contributed by atoms with van der Waals surface area (Å²) < 4.78 is 0. The molecule has 0 spiro atoms. The highest BCUT2D eigenvalue weighted by atomic mass is 16.2. The molecule has 6 rings (SSSR count). The van der Waals surface area contributed by atoms with E-state index < -0.39 is 5.92 Å². The summed E-state index contributed by atoms with van der Waals surface area (Å²) in [4.78, 5) is 47.2. The van der Waals surface area contributed by atoms with Crippen LogP contribution in [-0.4, -0.2) is 64.3 Å². The SMILES string of the molecule is Bc1cc2c(c3cn[nH]c13)CN(CC(C)(C)C)C(=O)[C@H](CC(=O)N1CCC(c3cc4ccccc4[nH]c3=O)CC1)C2. The molecule has 2 amide bonds. The van der Waals surface area contributed by atoms with E-state index >= 15 is 0 Å². The predicted molar refractivity (Wildman–Crippen MR) is 164 cm³/mol. The van der Waals surface area contributed by atoms with Gasteiger partial charge in [0.05, 0.1) is 17.6 Å². The largest absolute Gasteiger partial charge is 0.343 e. The van der Waals surface area contributed by atoms with E-state index in [1.54, 1.807) is 0 Å². The van der Waals surface area contributed by atoms with Crippen molar-refractivity contribution in [3.05, 3.63) is 69.6 Å². The van der Waals surface area contributed by atoms with Crippen molar-refractivity contribution >= 4 is 46.9 Å². The first-order chi connectivity index (χ1) is 19.6. The zero-order chi connectivity index (χ0) is 28.9. The summed E-state index contributed by atoms with van der Waals surface area (Å²) >= 11 is 0. The number of para-hydroxylation sites is 1. The number of aromatic nitrogens is 3. The minimum atomic E-state index is -0.407. The van der Waals surface area contributed by atoms with Crippen LogP contribution in [-0.2, 0) is 22.6 Å². The van der Waals surface area contributed by atoms with E-state index in [-0.39, 0.29) is 35.1 Å². The van der Waals surface area contributed by atoms with Crippen molar-refractivity contribution in [2.24, 2.45) is 11.3 Å². The molecule has 212 valence electrons. The number of amides is 2. The van der Waals surface area contributed by atoms with E-state index in [0.29, 0.717) is 32.6 Å². The van der Waals surface area contributed by atoms with Gasteiger partial charge in [0.15, 0.2) is 0 Å². The zero-order valence-corrected chi connectivity index (χ0v) is 24.4. The van der Waals surface area contributed by atoms with E-state index in [0.717, 1.165) is 56.8 Å². The van der Waals surface area contributed by atoms with E-state index in [1.165, 1.54) is 0 Å². The summed E-state index contributed by atoms with van der Waals surface area (Å²) in [6.45, 7) is 8.74. The van der Waals surface area contributed by atoms with Crippen LogP contribution in [0, 0.1) is 11.3 Å². The molecule has 0 radical (unpaired) electrons. The summed E-state index contributed by atoms with van der Waals surface area (Å²) in [5.41, 5.74) is 5.90. The van der Waals surface area contributed by atoms with Gasteiger partial charge in [-0.1, -0.05) is 50.5 Å². The van der Waals surface area contributed by atoms with Crippen molar-refractivity contribution in [3.63, 3.8) is 0 Å². The quantitative estimate of drug-likeness (QED) is 0.381. The molecule has 2 aromatic heterocycles. The maximum absolute atomic E-state index is 13.9. The molecule has 4 heterocycles. The minimum Gasteiger partial charge on any atom is -0.343 e. The molecule has 2 aromatic carbocycles. The summed E-state index contributed by atoms with van der Waals surface area (Å²) in [6, 6.07) is 12.0. The molecule has 41 heavy (non-hydrogen) atoms. The van der Waals surface area contributed by atoms with E-state index in [9.17, 15) is 14.4 Å². The number of rotatable bonds is 4. The lowest BCUT2D eigenvalue weighted by Crippen LogP contribution is -2.43. The van der Waals surface area contributed by atoms with Crippen molar-refractivity contribution in [3.8, 4) is 0 Å². The molecule has 0 bridgehead atoms. The first-order valence-electron chi connectivity index (χ1n) is 14.7. The first kappa shape index (κ1) is 27.3. The maximum Gasteiger partial charge on any atom is 0.251 e. The Balaban J connectivity index is 1.20. The Morgan fingerprint density at radius 2 is 1.88 bits per heavy atom. The molecule has 0 aliphatic carbocycles. The summed E-state index contributed by atoms with van der Waals surface area (Å²) in [5, 5.41) is 9.48. The van der Waals surface area contributed by atoms with Crippen LogP contribution < -0.4 is 11.0 Å². The van der Waals surface area contributed by atoms with Gasteiger partial charge in [0, 0.05) is 49.1 Å². The van der Waals surface area contributed by atoms with Gasteiger partial charge in [0.25, 0.3) is 5.56 Å². The van der Waals surface area contributed by atoms with Gasteiger partial charge in [-0.2, -0.15) is 5.10 Å². The maximum atomic E-state index is 13.9. The van der Waals surface area contributed by atoms with Crippen LogP contribution in [0.15, 0.2) is 47.4 Å². The molecule has 2 aliphatic rings. The van der Waals surface area contributed by atoms with Gasteiger partial charge in [-0.05, 0) is 59.2 Å².